The minimum absolute atomic E-state index is 0.189. The standard InChI is InChI=1S/C13H11ClFN3O/c14-9-5-7-10(8-6-9)16-13(19)18-17-12-4-2-1-3-11(12)15/h1-8,17H,(H2,16,18,19). The van der Waals surface area contributed by atoms with E-state index in [2.05, 4.69) is 16.2 Å². The number of anilines is 2. The Kier molecular flexibility index (Phi) is 4.20. The molecule has 0 spiro atoms. The summed E-state index contributed by atoms with van der Waals surface area (Å²) >= 11 is 5.72. The predicted molar refractivity (Wildman–Crippen MR) is 73.6 cm³/mol. The van der Waals surface area contributed by atoms with Crippen LogP contribution in [0.25, 0.3) is 0 Å². The average molecular weight is 280 g/mol. The van der Waals surface area contributed by atoms with E-state index in [-0.39, 0.29) is 5.69 Å². The third-order valence-electron chi connectivity index (χ3n) is 2.29. The summed E-state index contributed by atoms with van der Waals surface area (Å²) in [7, 11) is 0. The molecule has 0 heterocycles. The molecule has 0 atom stereocenters. The first-order valence-electron chi connectivity index (χ1n) is 5.48. The highest BCUT2D eigenvalue weighted by Gasteiger charge is 2.03. The van der Waals surface area contributed by atoms with Crippen LogP contribution in [-0.2, 0) is 0 Å². The molecule has 0 aromatic heterocycles. The second kappa shape index (κ2) is 6.06. The van der Waals surface area contributed by atoms with Gasteiger partial charge < -0.3 is 5.32 Å². The van der Waals surface area contributed by atoms with Crippen molar-refractivity contribution in [3.05, 3.63) is 59.4 Å². The van der Waals surface area contributed by atoms with Crippen LogP contribution in [0.15, 0.2) is 48.5 Å². The van der Waals surface area contributed by atoms with E-state index in [4.69, 9.17) is 11.6 Å². The highest BCUT2D eigenvalue weighted by atomic mass is 35.5. The van der Waals surface area contributed by atoms with Gasteiger partial charge in [-0.2, -0.15) is 0 Å². The van der Waals surface area contributed by atoms with Crippen molar-refractivity contribution in [1.82, 2.24) is 5.43 Å². The molecule has 2 rings (SSSR count). The maximum atomic E-state index is 13.3. The van der Waals surface area contributed by atoms with Crippen LogP contribution < -0.4 is 16.2 Å². The van der Waals surface area contributed by atoms with Crippen LogP contribution >= 0.6 is 11.6 Å². The number of para-hydroxylation sites is 1. The Morgan fingerprint density at radius 3 is 2.42 bits per heavy atom. The molecule has 0 saturated heterocycles. The number of hydrazine groups is 1. The molecular formula is C13H11ClFN3O. The van der Waals surface area contributed by atoms with Gasteiger partial charge in [0, 0.05) is 10.7 Å². The molecule has 0 aliphatic heterocycles. The molecule has 4 nitrogen and oxygen atoms in total. The molecule has 0 aliphatic carbocycles. The second-order valence-electron chi connectivity index (χ2n) is 3.69. The van der Waals surface area contributed by atoms with E-state index in [1.165, 1.54) is 12.1 Å². The molecule has 0 saturated carbocycles. The Bertz CT molecular complexity index is 574. The Hall–Kier alpha value is -2.27. The van der Waals surface area contributed by atoms with Crippen molar-refractivity contribution < 1.29 is 9.18 Å². The first-order chi connectivity index (χ1) is 9.15. The number of carbonyl (C=O) groups is 1. The smallest absolute Gasteiger partial charge is 0.307 e. The van der Waals surface area contributed by atoms with Gasteiger partial charge in [-0.1, -0.05) is 23.7 Å². The lowest BCUT2D eigenvalue weighted by Crippen LogP contribution is -2.33. The Morgan fingerprint density at radius 2 is 1.74 bits per heavy atom. The van der Waals surface area contributed by atoms with E-state index in [1.54, 1.807) is 36.4 Å². The highest BCUT2D eigenvalue weighted by molar-refractivity contribution is 6.30. The third kappa shape index (κ3) is 3.86. The van der Waals surface area contributed by atoms with Crippen molar-refractivity contribution in [2.24, 2.45) is 0 Å². The summed E-state index contributed by atoms with van der Waals surface area (Å²) in [5, 5.41) is 3.14. The van der Waals surface area contributed by atoms with Crippen LogP contribution in [0.5, 0.6) is 0 Å². The fraction of sp³-hybridized carbons (Fsp3) is 0. The van der Waals surface area contributed by atoms with Gasteiger partial charge in [-0.3, -0.25) is 10.9 Å². The van der Waals surface area contributed by atoms with E-state index >= 15 is 0 Å². The molecule has 0 fully saturated rings. The molecule has 3 N–H and O–H groups in total. The van der Waals surface area contributed by atoms with Gasteiger partial charge in [0.2, 0.25) is 0 Å². The lowest BCUT2D eigenvalue weighted by atomic mass is 10.3. The molecule has 6 heteroatoms. The zero-order valence-corrected chi connectivity index (χ0v) is 10.5. The zero-order valence-electron chi connectivity index (χ0n) is 9.78. The number of urea groups is 1. The van der Waals surface area contributed by atoms with E-state index in [0.717, 1.165) is 0 Å². The molecule has 98 valence electrons. The summed E-state index contributed by atoms with van der Waals surface area (Å²) in [6.07, 6.45) is 0. The second-order valence-corrected chi connectivity index (χ2v) is 4.13. The Morgan fingerprint density at radius 1 is 1.05 bits per heavy atom. The third-order valence-corrected chi connectivity index (χ3v) is 2.54. The summed E-state index contributed by atoms with van der Waals surface area (Å²) in [4.78, 5) is 11.5. The molecule has 0 radical (unpaired) electrons. The number of carbonyl (C=O) groups excluding carboxylic acids is 1. The van der Waals surface area contributed by atoms with Crippen molar-refractivity contribution >= 4 is 29.0 Å². The fourth-order valence-electron chi connectivity index (χ4n) is 1.38. The number of benzene rings is 2. The minimum atomic E-state index is -0.509. The van der Waals surface area contributed by atoms with Gasteiger partial charge >= 0.3 is 6.03 Å². The van der Waals surface area contributed by atoms with Crippen molar-refractivity contribution in [2.45, 2.75) is 0 Å². The molecule has 2 aromatic carbocycles. The van der Waals surface area contributed by atoms with E-state index < -0.39 is 11.8 Å². The molecule has 0 bridgehead atoms. The normalized spacial score (nSPS) is 9.79. The van der Waals surface area contributed by atoms with Crippen molar-refractivity contribution in [1.29, 1.82) is 0 Å². The first kappa shape index (κ1) is 13.2. The SMILES string of the molecule is O=C(NNc1ccccc1F)Nc1ccc(Cl)cc1. The summed E-state index contributed by atoms with van der Waals surface area (Å²) in [5.41, 5.74) is 5.58. The quantitative estimate of drug-likeness (QED) is 0.752. The van der Waals surface area contributed by atoms with E-state index in [0.29, 0.717) is 10.7 Å². The van der Waals surface area contributed by atoms with Gasteiger partial charge in [-0.05, 0) is 36.4 Å². The van der Waals surface area contributed by atoms with Crippen LogP contribution in [0.3, 0.4) is 0 Å². The first-order valence-corrected chi connectivity index (χ1v) is 5.86. The average Bonchev–Trinajstić information content (AvgIpc) is 2.40. The van der Waals surface area contributed by atoms with Crippen LogP contribution in [0.4, 0.5) is 20.6 Å². The number of rotatable bonds is 3. The summed E-state index contributed by atoms with van der Waals surface area (Å²) in [6, 6.07) is 12.1. The van der Waals surface area contributed by atoms with Gasteiger partial charge in [0.1, 0.15) is 5.82 Å². The lowest BCUT2D eigenvalue weighted by Gasteiger charge is -2.10. The number of hydrogen-bond acceptors (Lipinski definition) is 2. The van der Waals surface area contributed by atoms with Crippen molar-refractivity contribution in [2.75, 3.05) is 10.7 Å². The maximum Gasteiger partial charge on any atom is 0.337 e. The van der Waals surface area contributed by atoms with Crippen molar-refractivity contribution in [3.8, 4) is 0 Å². The van der Waals surface area contributed by atoms with Gasteiger partial charge in [0.25, 0.3) is 0 Å². The zero-order chi connectivity index (χ0) is 13.7. The minimum Gasteiger partial charge on any atom is -0.307 e. The van der Waals surface area contributed by atoms with Gasteiger partial charge in [-0.25, -0.2) is 9.18 Å². The summed E-state index contributed by atoms with van der Waals surface area (Å²) < 4.78 is 13.3. The van der Waals surface area contributed by atoms with E-state index in [9.17, 15) is 9.18 Å². The number of hydrogen-bond donors (Lipinski definition) is 3. The highest BCUT2D eigenvalue weighted by Crippen LogP contribution is 2.13. The molecule has 19 heavy (non-hydrogen) atoms. The topological polar surface area (TPSA) is 53.2 Å². The van der Waals surface area contributed by atoms with Crippen LogP contribution in [0.2, 0.25) is 5.02 Å². The molecule has 2 aromatic rings. The predicted octanol–water partition coefficient (Wildman–Crippen LogP) is 3.63. The Balaban J connectivity index is 1.88. The molecule has 0 aliphatic rings. The summed E-state index contributed by atoms with van der Waals surface area (Å²) in [6.45, 7) is 0. The Labute approximate surface area is 114 Å². The number of amides is 2. The summed E-state index contributed by atoms with van der Waals surface area (Å²) in [5.74, 6) is -0.450. The van der Waals surface area contributed by atoms with Crippen LogP contribution in [0.1, 0.15) is 0 Å². The lowest BCUT2D eigenvalue weighted by molar-refractivity contribution is 0.254. The number of nitrogens with one attached hydrogen (secondary N) is 3. The molecule has 0 unspecified atom stereocenters. The number of halogens is 2. The van der Waals surface area contributed by atoms with Gasteiger partial charge in [0.05, 0.1) is 5.69 Å². The van der Waals surface area contributed by atoms with Crippen LogP contribution in [-0.4, -0.2) is 6.03 Å². The fourth-order valence-corrected chi connectivity index (χ4v) is 1.51. The largest absolute Gasteiger partial charge is 0.337 e. The molecular weight excluding hydrogens is 269 g/mol. The van der Waals surface area contributed by atoms with E-state index in [1.807, 2.05) is 0 Å². The van der Waals surface area contributed by atoms with Crippen molar-refractivity contribution in [3.63, 3.8) is 0 Å². The molecule has 2 amide bonds. The van der Waals surface area contributed by atoms with Gasteiger partial charge in [0.15, 0.2) is 0 Å². The monoisotopic (exact) mass is 279 g/mol. The van der Waals surface area contributed by atoms with Gasteiger partial charge in [-0.15, -0.1) is 0 Å². The van der Waals surface area contributed by atoms with Crippen LogP contribution in [0, 0.1) is 5.82 Å². The maximum absolute atomic E-state index is 13.3.